The lowest BCUT2D eigenvalue weighted by Crippen LogP contribution is -2.26. The van der Waals surface area contributed by atoms with E-state index >= 15 is 0 Å². The maximum Gasteiger partial charge on any atom is 0.263 e. The summed E-state index contributed by atoms with van der Waals surface area (Å²) in [7, 11) is -3.79. The van der Waals surface area contributed by atoms with E-state index in [1.165, 1.54) is 36.4 Å². The zero-order valence-corrected chi connectivity index (χ0v) is 12.6. The number of hydrogen-bond acceptors (Lipinski definition) is 5. The largest absolute Gasteiger partial charge is 0.480 e. The third-order valence-electron chi connectivity index (χ3n) is 2.84. The van der Waals surface area contributed by atoms with Crippen LogP contribution in [-0.2, 0) is 14.8 Å². The van der Waals surface area contributed by atoms with E-state index in [9.17, 15) is 13.2 Å². The van der Waals surface area contributed by atoms with Crippen molar-refractivity contribution >= 4 is 39.2 Å². The molecule has 0 aliphatic carbocycles. The number of fused-ring (bicyclic) bond motifs is 1. The third kappa shape index (κ3) is 2.97. The first-order valence-electron chi connectivity index (χ1n) is 6.16. The Hall–Kier alpha value is -2.32. The van der Waals surface area contributed by atoms with Crippen molar-refractivity contribution in [3.8, 4) is 5.75 Å². The highest BCUT2D eigenvalue weighted by atomic mass is 35.5. The summed E-state index contributed by atoms with van der Waals surface area (Å²) in [4.78, 5) is 15.3. The molecule has 2 heterocycles. The van der Waals surface area contributed by atoms with Crippen molar-refractivity contribution in [3.05, 3.63) is 41.4 Å². The minimum absolute atomic E-state index is 0.0525. The monoisotopic (exact) mass is 339 g/mol. The van der Waals surface area contributed by atoms with Crippen molar-refractivity contribution in [1.82, 2.24) is 4.98 Å². The molecule has 0 bridgehead atoms. The van der Waals surface area contributed by atoms with E-state index in [1.807, 2.05) is 0 Å². The molecule has 0 radical (unpaired) electrons. The molecule has 0 saturated carbocycles. The second-order valence-corrected chi connectivity index (χ2v) is 6.56. The van der Waals surface area contributed by atoms with Crippen molar-refractivity contribution in [2.45, 2.75) is 4.90 Å². The quantitative estimate of drug-likeness (QED) is 0.889. The number of ether oxygens (including phenoxy) is 1. The van der Waals surface area contributed by atoms with Gasteiger partial charge in [0.15, 0.2) is 18.2 Å². The Morgan fingerprint density at radius 3 is 2.64 bits per heavy atom. The molecule has 0 saturated heterocycles. The van der Waals surface area contributed by atoms with Gasteiger partial charge in [-0.2, -0.15) is 0 Å². The van der Waals surface area contributed by atoms with Crippen LogP contribution in [0.5, 0.6) is 5.75 Å². The Labute approximate surface area is 131 Å². The second-order valence-electron chi connectivity index (χ2n) is 4.44. The molecule has 22 heavy (non-hydrogen) atoms. The summed E-state index contributed by atoms with van der Waals surface area (Å²) in [5.74, 6) is 0.277. The number of hydrogen-bond donors (Lipinski definition) is 2. The molecular weight excluding hydrogens is 330 g/mol. The first-order valence-corrected chi connectivity index (χ1v) is 8.02. The summed E-state index contributed by atoms with van der Waals surface area (Å²) >= 11 is 5.73. The summed E-state index contributed by atoms with van der Waals surface area (Å²) in [5, 5.41) is 2.94. The number of carbonyl (C=O) groups excluding carboxylic acids is 1. The first kappa shape index (κ1) is 14.6. The maximum atomic E-state index is 12.2. The Bertz CT molecular complexity index is 837. The van der Waals surface area contributed by atoms with Crippen LogP contribution in [0.2, 0.25) is 5.02 Å². The van der Waals surface area contributed by atoms with E-state index in [0.717, 1.165) is 0 Å². The number of pyridine rings is 1. The van der Waals surface area contributed by atoms with E-state index in [-0.39, 0.29) is 29.0 Å². The summed E-state index contributed by atoms with van der Waals surface area (Å²) < 4.78 is 31.9. The number of nitrogens with one attached hydrogen (secondary N) is 2. The molecule has 3 rings (SSSR count). The zero-order chi connectivity index (χ0) is 15.7. The molecule has 0 unspecified atom stereocenters. The minimum Gasteiger partial charge on any atom is -0.480 e. The molecule has 1 aliphatic heterocycles. The summed E-state index contributed by atoms with van der Waals surface area (Å²) in [6.07, 6.45) is 0. The number of aromatic nitrogens is 1. The van der Waals surface area contributed by atoms with Gasteiger partial charge in [-0.3, -0.25) is 9.52 Å². The molecular formula is C13H10ClN3O4S. The Balaban J connectivity index is 1.88. The van der Waals surface area contributed by atoms with Gasteiger partial charge in [-0.15, -0.1) is 0 Å². The van der Waals surface area contributed by atoms with E-state index in [2.05, 4.69) is 15.0 Å². The standard InChI is InChI=1S/C13H10ClN3O4S/c14-8-1-3-9(4-2-8)22(19,20)17-11-6-5-10-13(15-11)16-12(18)7-21-10/h1-6H,7H2,(H2,15,16,17,18). The van der Waals surface area contributed by atoms with Crippen LogP contribution in [0.4, 0.5) is 11.6 Å². The molecule has 1 aliphatic rings. The Kier molecular flexibility index (Phi) is 3.63. The number of halogens is 1. The SMILES string of the molecule is O=C1COc2ccc(NS(=O)(=O)c3ccc(Cl)cc3)nc2N1. The van der Waals surface area contributed by atoms with Crippen LogP contribution in [0.3, 0.4) is 0 Å². The lowest BCUT2D eigenvalue weighted by atomic mass is 10.3. The maximum absolute atomic E-state index is 12.2. The predicted molar refractivity (Wildman–Crippen MR) is 80.6 cm³/mol. The van der Waals surface area contributed by atoms with Crippen molar-refractivity contribution < 1.29 is 17.9 Å². The Morgan fingerprint density at radius 2 is 1.91 bits per heavy atom. The van der Waals surface area contributed by atoms with Crippen LogP contribution in [0, 0.1) is 0 Å². The summed E-state index contributed by atoms with van der Waals surface area (Å²) in [6, 6.07) is 8.70. The first-order chi connectivity index (χ1) is 10.4. The van der Waals surface area contributed by atoms with Gasteiger partial charge in [0.25, 0.3) is 15.9 Å². The van der Waals surface area contributed by atoms with Crippen LogP contribution in [0.15, 0.2) is 41.3 Å². The number of benzene rings is 1. The lowest BCUT2D eigenvalue weighted by Gasteiger charge is -2.17. The van der Waals surface area contributed by atoms with Gasteiger partial charge in [0, 0.05) is 5.02 Å². The molecule has 2 N–H and O–H groups in total. The van der Waals surface area contributed by atoms with Gasteiger partial charge in [-0.1, -0.05) is 11.6 Å². The Morgan fingerprint density at radius 1 is 1.18 bits per heavy atom. The smallest absolute Gasteiger partial charge is 0.263 e. The number of amides is 1. The van der Waals surface area contributed by atoms with Crippen molar-refractivity contribution in [3.63, 3.8) is 0 Å². The van der Waals surface area contributed by atoms with Crippen molar-refractivity contribution in [2.75, 3.05) is 16.6 Å². The second kappa shape index (κ2) is 5.47. The van der Waals surface area contributed by atoms with Crippen LogP contribution in [0.1, 0.15) is 0 Å². The predicted octanol–water partition coefficient (Wildman–Crippen LogP) is 1.87. The zero-order valence-electron chi connectivity index (χ0n) is 11.0. The average molecular weight is 340 g/mol. The molecule has 7 nitrogen and oxygen atoms in total. The van der Waals surface area contributed by atoms with Gasteiger partial charge in [-0.05, 0) is 36.4 Å². The molecule has 2 aromatic rings. The van der Waals surface area contributed by atoms with Gasteiger partial charge in [0.2, 0.25) is 0 Å². The molecule has 1 aromatic carbocycles. The number of nitrogens with zero attached hydrogens (tertiary/aromatic N) is 1. The third-order valence-corrected chi connectivity index (χ3v) is 4.46. The fraction of sp³-hybridized carbons (Fsp3) is 0.0769. The normalized spacial score (nSPS) is 13.8. The number of rotatable bonds is 3. The number of carbonyl (C=O) groups is 1. The minimum atomic E-state index is -3.79. The molecule has 0 fully saturated rings. The van der Waals surface area contributed by atoms with E-state index in [4.69, 9.17) is 16.3 Å². The fourth-order valence-electron chi connectivity index (χ4n) is 1.83. The van der Waals surface area contributed by atoms with E-state index in [1.54, 1.807) is 0 Å². The number of anilines is 2. The van der Waals surface area contributed by atoms with Gasteiger partial charge in [0.05, 0.1) is 4.90 Å². The molecule has 114 valence electrons. The van der Waals surface area contributed by atoms with E-state index in [0.29, 0.717) is 10.8 Å². The van der Waals surface area contributed by atoms with Gasteiger partial charge < -0.3 is 10.1 Å². The average Bonchev–Trinajstić information content (AvgIpc) is 2.47. The van der Waals surface area contributed by atoms with Crippen LogP contribution in [-0.4, -0.2) is 25.9 Å². The molecule has 0 atom stereocenters. The summed E-state index contributed by atoms with van der Waals surface area (Å²) in [6.45, 7) is -0.0927. The molecule has 1 amide bonds. The number of sulfonamides is 1. The van der Waals surface area contributed by atoms with Crippen LogP contribution >= 0.6 is 11.6 Å². The topological polar surface area (TPSA) is 97.4 Å². The van der Waals surface area contributed by atoms with E-state index < -0.39 is 10.0 Å². The van der Waals surface area contributed by atoms with Gasteiger partial charge in [0.1, 0.15) is 5.82 Å². The van der Waals surface area contributed by atoms with Crippen LogP contribution < -0.4 is 14.8 Å². The lowest BCUT2D eigenvalue weighted by molar-refractivity contribution is -0.118. The van der Waals surface area contributed by atoms with Gasteiger partial charge in [-0.25, -0.2) is 13.4 Å². The highest BCUT2D eigenvalue weighted by Gasteiger charge is 2.20. The highest BCUT2D eigenvalue weighted by Crippen LogP contribution is 2.27. The molecule has 9 heteroatoms. The highest BCUT2D eigenvalue weighted by molar-refractivity contribution is 7.92. The molecule has 0 spiro atoms. The molecule has 1 aromatic heterocycles. The fourth-order valence-corrected chi connectivity index (χ4v) is 2.96. The van der Waals surface area contributed by atoms with Gasteiger partial charge >= 0.3 is 0 Å². The summed E-state index contributed by atoms with van der Waals surface area (Å²) in [5.41, 5.74) is 0. The van der Waals surface area contributed by atoms with Crippen LogP contribution in [0.25, 0.3) is 0 Å². The van der Waals surface area contributed by atoms with Crippen molar-refractivity contribution in [2.24, 2.45) is 0 Å². The van der Waals surface area contributed by atoms with Crippen molar-refractivity contribution in [1.29, 1.82) is 0 Å².